The maximum absolute atomic E-state index is 15.8. The first-order valence-electron chi connectivity index (χ1n) is 42.5. The molecule has 0 bridgehead atoms. The molecule has 0 unspecified atom stereocenters. The molecule has 0 spiro atoms. The molecule has 0 radical (unpaired) electrons. The Bertz CT molecular complexity index is 4910. The van der Waals surface area contributed by atoms with Crippen molar-refractivity contribution < 1.29 is 214 Å². The van der Waals surface area contributed by atoms with Gasteiger partial charge in [0.05, 0.1) is 42.7 Å². The number of hydrogen-bond acceptors (Lipinski definition) is 46. The number of Topliss-reactive ketones (excluding diaryl/α,β-unsaturated/α-hetero) is 1. The lowest BCUT2D eigenvalue weighted by Crippen LogP contribution is -2.73. The van der Waals surface area contributed by atoms with Crippen LogP contribution in [-0.2, 0) is 200 Å². The Morgan fingerprint density at radius 2 is 0.777 bits per heavy atom. The Kier molecular flexibility index (Phi) is 41.6. The monoisotopic (exact) mass is 2030 g/mol. The fourth-order valence-electron chi connectivity index (χ4n) is 15.1. The molecule has 51 heteroatoms. The molecule has 0 aliphatic carbocycles. The minimum Gasteiger partial charge on any atom is -0.465 e. The molecule has 5 fully saturated rings. The van der Waals surface area contributed by atoms with Gasteiger partial charge in [0.25, 0.3) is 9.58 Å². The Morgan fingerprint density at radius 3 is 1.23 bits per heavy atom. The van der Waals surface area contributed by atoms with Crippen LogP contribution in [0, 0.1) is 5.41 Å². The van der Waals surface area contributed by atoms with E-state index in [9.17, 15) is 76.7 Å². The van der Waals surface area contributed by atoms with Gasteiger partial charge in [-0.05, 0) is 43.3 Å². The van der Waals surface area contributed by atoms with Crippen molar-refractivity contribution in [1.82, 2.24) is 10.6 Å². The number of ether oxygens (including phenoxy) is 26. The van der Waals surface area contributed by atoms with E-state index in [1.165, 1.54) is 91.0 Å². The Labute approximate surface area is 807 Å². The summed E-state index contributed by atoms with van der Waals surface area (Å²) in [5, 5.41) is 13.5. The summed E-state index contributed by atoms with van der Waals surface area (Å²) in [7, 11) is 0.748. The molecular formula is C88H104Cl3N3O45. The lowest BCUT2D eigenvalue weighted by molar-refractivity contribution is -0.389. The van der Waals surface area contributed by atoms with E-state index in [-0.39, 0.29) is 16.7 Å². The number of hydrogen-bond donors (Lipinski definition) is 3. The molecular weight excluding hydrogens is 1930 g/mol. The van der Waals surface area contributed by atoms with Crippen LogP contribution in [0.1, 0.15) is 147 Å². The van der Waals surface area contributed by atoms with Crippen molar-refractivity contribution in [3.63, 3.8) is 0 Å². The fraction of sp³-hybridized carbons (Fsp3) is 0.568. The number of methoxy groups -OCH3 is 1. The van der Waals surface area contributed by atoms with Crippen LogP contribution in [0.25, 0.3) is 0 Å². The number of benzene rings is 3. The molecule has 48 nitrogen and oxygen atoms in total. The number of ketones is 1. The third-order valence-corrected chi connectivity index (χ3v) is 20.9. The summed E-state index contributed by atoms with van der Waals surface area (Å²) in [6, 6.07) is 16.1. The summed E-state index contributed by atoms with van der Waals surface area (Å²) in [5.41, 5.74) is -0.822. The summed E-state index contributed by atoms with van der Waals surface area (Å²) >= 11 is 18.1. The quantitative estimate of drug-likeness (QED) is 0.0242. The van der Waals surface area contributed by atoms with Crippen LogP contribution >= 0.6 is 34.8 Å². The molecule has 139 heavy (non-hydrogen) atoms. The SMILES string of the molecule is COC(=O)[C@@]1(O[C@H]2[C@@H](OC(=O)c3ccccc3)[C@@H](COC(=O)c3ccccc3)O[C@@H](O[C@H]3[C@H](OC(C)=O)[C@@H](NC(C)=O)[C@H](O[C@H]4[C@@H](OC(C)=O)[C@@H](COC(C)=O)O[C@@H](O[C@H]5[C@H](OC(C)=O)[C@@H](OC(C)=O)[C@H](OC(=N)C(Cl)(Cl)Cl)O[C@@H]5COC(C)=O)[C@@H]4OC(C)=O)O[C@@H]3COC(=O)CCC(C)=O)[C@@H]2OC(=O)c2ccccc2)C[C@H](OC(C)=O)[C@@H](NC(C)=O)[C@H]([C@H](OC(C)=O)[C@@H](COC(C)=O)OC(C)=O)O1. The van der Waals surface area contributed by atoms with Gasteiger partial charge in [-0.2, -0.15) is 0 Å². The van der Waals surface area contributed by atoms with Gasteiger partial charge in [0.2, 0.25) is 30.1 Å². The van der Waals surface area contributed by atoms with Crippen LogP contribution < -0.4 is 10.6 Å². The van der Waals surface area contributed by atoms with E-state index in [4.69, 9.17) is 163 Å². The molecule has 5 aliphatic rings. The van der Waals surface area contributed by atoms with Crippen LogP contribution in [0.15, 0.2) is 91.0 Å². The number of amides is 2. The highest BCUT2D eigenvalue weighted by atomic mass is 35.6. The highest BCUT2D eigenvalue weighted by Crippen LogP contribution is 2.45. The molecule has 8 rings (SSSR count). The summed E-state index contributed by atoms with van der Waals surface area (Å²) in [6.45, 7) is 6.91. The average Bonchev–Trinajstić information content (AvgIpc) is 0.737. The van der Waals surface area contributed by atoms with Gasteiger partial charge in [-0.3, -0.25) is 72.5 Å². The van der Waals surface area contributed by atoms with Crippen molar-refractivity contribution in [2.75, 3.05) is 40.1 Å². The summed E-state index contributed by atoms with van der Waals surface area (Å²) in [5.74, 6) is -27.3. The van der Waals surface area contributed by atoms with E-state index in [0.717, 1.165) is 104 Å². The molecule has 3 aromatic carbocycles. The Hall–Kier alpha value is -12.2. The van der Waals surface area contributed by atoms with Crippen molar-refractivity contribution in [3.05, 3.63) is 108 Å². The molecule has 26 atom stereocenters. The molecule has 5 saturated heterocycles. The molecule has 2 amide bonds. The molecule has 3 N–H and O–H groups in total. The van der Waals surface area contributed by atoms with Gasteiger partial charge in [0, 0.05) is 96.4 Å². The highest BCUT2D eigenvalue weighted by molar-refractivity contribution is 6.76. The van der Waals surface area contributed by atoms with E-state index in [1.807, 2.05) is 0 Å². The lowest BCUT2D eigenvalue weighted by Gasteiger charge is -2.53. The molecule has 0 aromatic heterocycles. The van der Waals surface area contributed by atoms with E-state index < -0.39 is 334 Å². The van der Waals surface area contributed by atoms with Crippen molar-refractivity contribution in [2.45, 2.75) is 279 Å². The number of carbonyl (C=O) groups excluding carboxylic acids is 19. The van der Waals surface area contributed by atoms with Gasteiger partial charge in [0.1, 0.15) is 106 Å². The van der Waals surface area contributed by atoms with E-state index in [0.29, 0.717) is 0 Å². The van der Waals surface area contributed by atoms with Crippen molar-refractivity contribution in [2.24, 2.45) is 0 Å². The third-order valence-electron chi connectivity index (χ3n) is 20.4. The number of carbonyl (C=O) groups is 19. The minimum atomic E-state index is -3.50. The van der Waals surface area contributed by atoms with Crippen LogP contribution in [0.2, 0.25) is 0 Å². The van der Waals surface area contributed by atoms with Gasteiger partial charge in [-0.15, -0.1) is 0 Å². The predicted molar refractivity (Wildman–Crippen MR) is 456 cm³/mol. The zero-order valence-corrected chi connectivity index (χ0v) is 79.5. The Morgan fingerprint density at radius 1 is 0.388 bits per heavy atom. The second kappa shape index (κ2) is 51.6. The standard InChI is InChI=1S/C88H104Cl3N3O45/c1-39(95)31-32-62(109)118-37-60-65(70(124-49(11)105)64(94-41(3)97)81(128-60)136-73-67(123-48(10)104)58(35-116-43(5)99)129-82(76(73)127-52(14)108)135-68-59(36-117-44(6)100)131-84(137-85(92)88(89,90)91)75(126-51(13)107)72(68)125-50(12)106)134-83-77(133-80(112)55-29-23-18-24-30-55)74(69(132-79(111)54-27-21-17-22-28-54)61(130-83)38-119-78(110)53-25-19-16-20-26-53)139-87(86(113)114-15)33-56(120-45(7)101)63(93-40(2)96)71(138-87)66(122-47(9)103)57(121-46(8)102)34-115-42(4)98/h16-30,56-61,63-77,81-84,92H,31-38H2,1-15H3,(H,93,96)(H,94,97)/t56-,57+,58+,59+,60+,61+,63+,64+,65+,66+,67-,68+,69-,70+,71+,72-,73-,74-,75+,76+,77+,81-,82-,83-,84-,87-/m0/s1. The first-order valence-corrected chi connectivity index (χ1v) is 43.7. The molecule has 5 heterocycles. The number of rotatable bonds is 40. The van der Waals surface area contributed by atoms with E-state index in [2.05, 4.69) is 10.6 Å². The van der Waals surface area contributed by atoms with Gasteiger partial charge < -0.3 is 139 Å². The van der Waals surface area contributed by atoms with Gasteiger partial charge in [-0.25, -0.2) is 19.2 Å². The van der Waals surface area contributed by atoms with E-state index >= 15 is 14.4 Å². The van der Waals surface area contributed by atoms with Crippen LogP contribution in [0.4, 0.5) is 0 Å². The molecule has 0 saturated carbocycles. The van der Waals surface area contributed by atoms with Crippen LogP contribution in [0.5, 0.6) is 0 Å². The number of halogens is 3. The number of esters is 16. The predicted octanol–water partition coefficient (Wildman–Crippen LogP) is 2.82. The highest BCUT2D eigenvalue weighted by Gasteiger charge is 2.66. The van der Waals surface area contributed by atoms with E-state index in [1.54, 1.807) is 0 Å². The Balaban J connectivity index is 1.45. The maximum Gasteiger partial charge on any atom is 0.366 e. The maximum atomic E-state index is 15.8. The van der Waals surface area contributed by atoms with Crippen molar-refractivity contribution in [1.29, 1.82) is 5.41 Å². The normalized spacial score (nSPS) is 28.0. The topological polar surface area (TPSA) is 612 Å². The zero-order valence-electron chi connectivity index (χ0n) is 77.3. The second-order valence-corrected chi connectivity index (χ2v) is 33.7. The van der Waals surface area contributed by atoms with Crippen LogP contribution in [0.3, 0.4) is 0 Å². The smallest absolute Gasteiger partial charge is 0.366 e. The largest absolute Gasteiger partial charge is 0.465 e. The summed E-state index contributed by atoms with van der Waals surface area (Å²) in [4.78, 5) is 264. The first kappa shape index (κ1) is 112. The number of alkyl halides is 3. The summed E-state index contributed by atoms with van der Waals surface area (Å²) < 4.78 is 157. The third kappa shape index (κ3) is 32.7. The number of nitrogens with one attached hydrogen (secondary N) is 3. The van der Waals surface area contributed by atoms with Gasteiger partial charge >= 0.3 is 95.5 Å². The minimum absolute atomic E-state index is 0.160. The van der Waals surface area contributed by atoms with Crippen molar-refractivity contribution >= 4 is 154 Å². The molecule has 3 aromatic rings. The first-order chi connectivity index (χ1) is 65.5. The van der Waals surface area contributed by atoms with Gasteiger partial charge in [-0.1, -0.05) is 89.4 Å². The second-order valence-electron chi connectivity index (χ2n) is 31.5. The van der Waals surface area contributed by atoms with Crippen LogP contribution in [-0.4, -0.2) is 322 Å². The van der Waals surface area contributed by atoms with Crippen molar-refractivity contribution in [3.8, 4) is 0 Å². The molecule has 762 valence electrons. The zero-order chi connectivity index (χ0) is 103. The fourth-order valence-corrected chi connectivity index (χ4v) is 15.2. The summed E-state index contributed by atoms with van der Waals surface area (Å²) in [6.07, 6.45) is -55.8. The lowest BCUT2D eigenvalue weighted by atomic mass is 9.87. The molecule has 5 aliphatic heterocycles. The van der Waals surface area contributed by atoms with Gasteiger partial charge in [0.15, 0.2) is 67.7 Å². The average molecular weight is 2030 g/mol.